The number of H-pyrrole nitrogens is 2. The lowest BCUT2D eigenvalue weighted by Crippen LogP contribution is -2.16. The van der Waals surface area contributed by atoms with Crippen molar-refractivity contribution in [3.8, 4) is 11.5 Å². The van der Waals surface area contributed by atoms with Crippen LogP contribution in [0.4, 0.5) is 0 Å². The molecule has 0 atom stereocenters. The van der Waals surface area contributed by atoms with Crippen molar-refractivity contribution in [2.45, 2.75) is 39.5 Å². The van der Waals surface area contributed by atoms with Crippen molar-refractivity contribution in [2.75, 3.05) is 54.5 Å². The van der Waals surface area contributed by atoms with E-state index in [1.54, 1.807) is 12.1 Å². The number of aromatic amines is 2. The molecule has 0 saturated heterocycles. The van der Waals surface area contributed by atoms with Crippen molar-refractivity contribution in [3.63, 3.8) is 0 Å². The molecule has 2 aromatic carbocycles. The van der Waals surface area contributed by atoms with Gasteiger partial charge >= 0.3 is 11.9 Å². The van der Waals surface area contributed by atoms with Gasteiger partial charge in [0, 0.05) is 47.3 Å². The van der Waals surface area contributed by atoms with E-state index < -0.39 is 0 Å². The topological polar surface area (TPSA) is 99.9 Å². The number of rotatable bonds is 14. The van der Waals surface area contributed by atoms with Crippen molar-refractivity contribution < 1.29 is 23.8 Å². The van der Waals surface area contributed by atoms with E-state index in [1.807, 2.05) is 78.7 Å². The Morgan fingerprint density at radius 2 is 1.10 bits per heavy atom. The highest BCUT2D eigenvalue weighted by atomic mass is 16.5. The first-order valence-corrected chi connectivity index (χ1v) is 14.3. The van der Waals surface area contributed by atoms with E-state index in [9.17, 15) is 9.59 Å². The summed E-state index contributed by atoms with van der Waals surface area (Å²) in [5.41, 5.74) is 4.09. The quantitative estimate of drug-likeness (QED) is 0.124. The molecule has 4 rings (SSSR count). The highest BCUT2D eigenvalue weighted by Gasteiger charge is 2.15. The van der Waals surface area contributed by atoms with E-state index in [4.69, 9.17) is 14.2 Å². The van der Waals surface area contributed by atoms with Crippen LogP contribution in [0.25, 0.3) is 21.8 Å². The Labute approximate surface area is 242 Å². The number of carbonyl (C=O) groups is 2. The molecule has 0 bridgehead atoms. The first-order chi connectivity index (χ1) is 19.8. The lowest BCUT2D eigenvalue weighted by Gasteiger charge is -2.11. The van der Waals surface area contributed by atoms with Gasteiger partial charge in [0.1, 0.15) is 11.5 Å². The van der Waals surface area contributed by atoms with E-state index in [1.165, 1.54) is 0 Å². The Morgan fingerprint density at radius 1 is 0.683 bits per heavy atom. The first-order valence-electron chi connectivity index (χ1n) is 14.3. The van der Waals surface area contributed by atoms with Crippen molar-refractivity contribution in [1.82, 2.24) is 19.8 Å². The number of aromatic nitrogens is 2. The molecular weight excluding hydrogens is 520 g/mol. The predicted molar refractivity (Wildman–Crippen MR) is 164 cm³/mol. The normalized spacial score (nSPS) is 11.2. The van der Waals surface area contributed by atoms with Crippen LogP contribution in [-0.4, -0.2) is 86.2 Å². The van der Waals surface area contributed by atoms with Crippen LogP contribution in [-0.2, 0) is 27.2 Å². The SMILES string of the molecule is CC.CN(C)CCc1c[nH]c2cccc(OC(=O)CCOCCC(=O)Oc3cccc4[nH]cc(CCN(C)C)c34)c12. The zero-order valence-electron chi connectivity index (χ0n) is 25.2. The minimum atomic E-state index is -0.380. The van der Waals surface area contributed by atoms with Crippen LogP contribution < -0.4 is 9.47 Å². The summed E-state index contributed by atoms with van der Waals surface area (Å²) >= 11 is 0. The lowest BCUT2D eigenvalue weighted by atomic mass is 10.1. The number of hydrogen-bond acceptors (Lipinski definition) is 7. The number of carbonyl (C=O) groups excluding carboxylic acids is 2. The fourth-order valence-electron chi connectivity index (χ4n) is 4.45. The second-order valence-corrected chi connectivity index (χ2v) is 10.2. The Morgan fingerprint density at radius 3 is 1.49 bits per heavy atom. The van der Waals surface area contributed by atoms with E-state index in [-0.39, 0.29) is 38.0 Å². The van der Waals surface area contributed by atoms with E-state index in [2.05, 4.69) is 19.8 Å². The molecule has 0 aliphatic rings. The van der Waals surface area contributed by atoms with Crippen LogP contribution in [0.2, 0.25) is 0 Å². The number of benzene rings is 2. The molecule has 222 valence electrons. The number of ether oxygens (including phenoxy) is 3. The van der Waals surface area contributed by atoms with Gasteiger partial charge < -0.3 is 34.0 Å². The Kier molecular flexibility index (Phi) is 12.4. The first kappa shape index (κ1) is 31.9. The van der Waals surface area contributed by atoms with Crippen LogP contribution >= 0.6 is 0 Å². The van der Waals surface area contributed by atoms with Gasteiger partial charge in [0.15, 0.2) is 0 Å². The summed E-state index contributed by atoms with van der Waals surface area (Å²) in [6, 6.07) is 11.3. The average molecular weight is 565 g/mol. The molecule has 0 saturated carbocycles. The Balaban J connectivity index is 0.00000226. The largest absolute Gasteiger partial charge is 0.426 e. The third kappa shape index (κ3) is 9.18. The molecular formula is C32H44N4O5. The standard InChI is InChI=1S/C30H38N4O5.C2H6/c1-33(2)15-11-21-19-31-23-7-5-9-25(29(21)23)38-27(35)13-17-37-18-14-28(36)39-26-10-6-8-24-30(26)22(20-32-24)12-16-34(3)4;1-2/h5-10,19-20,31-32H,11-18H2,1-4H3;1-2H3. The molecule has 9 nitrogen and oxygen atoms in total. The highest BCUT2D eigenvalue weighted by molar-refractivity contribution is 5.92. The Bertz CT molecular complexity index is 1300. The van der Waals surface area contributed by atoms with Gasteiger partial charge in [0.2, 0.25) is 0 Å². The molecule has 2 heterocycles. The van der Waals surface area contributed by atoms with Gasteiger partial charge in [-0.25, -0.2) is 0 Å². The molecule has 0 fully saturated rings. The second-order valence-electron chi connectivity index (χ2n) is 10.2. The fourth-order valence-corrected chi connectivity index (χ4v) is 4.45. The fraction of sp³-hybridized carbons (Fsp3) is 0.438. The van der Waals surface area contributed by atoms with Crippen molar-refractivity contribution >= 4 is 33.7 Å². The summed E-state index contributed by atoms with van der Waals surface area (Å²) in [5.74, 6) is 0.323. The summed E-state index contributed by atoms with van der Waals surface area (Å²) in [4.78, 5) is 35.7. The van der Waals surface area contributed by atoms with Gasteiger partial charge in [0.05, 0.1) is 26.1 Å². The summed E-state index contributed by atoms with van der Waals surface area (Å²) < 4.78 is 16.9. The third-order valence-electron chi connectivity index (χ3n) is 6.50. The zero-order valence-corrected chi connectivity index (χ0v) is 25.2. The van der Waals surface area contributed by atoms with Crippen LogP contribution in [0.1, 0.15) is 37.8 Å². The molecule has 0 radical (unpaired) electrons. The summed E-state index contributed by atoms with van der Waals surface area (Å²) in [7, 11) is 8.12. The number of nitrogens with zero attached hydrogens (tertiary/aromatic N) is 2. The molecule has 0 aliphatic heterocycles. The number of nitrogens with one attached hydrogen (secondary N) is 2. The molecule has 2 aromatic heterocycles. The van der Waals surface area contributed by atoms with Crippen LogP contribution in [0, 0.1) is 0 Å². The third-order valence-corrected chi connectivity index (χ3v) is 6.50. The number of fused-ring (bicyclic) bond motifs is 2. The van der Waals surface area contributed by atoms with Gasteiger partial charge in [-0.3, -0.25) is 9.59 Å². The van der Waals surface area contributed by atoms with Crippen LogP contribution in [0.5, 0.6) is 11.5 Å². The molecule has 0 amide bonds. The number of likely N-dealkylation sites (N-methyl/N-ethyl adjacent to an activating group) is 2. The average Bonchev–Trinajstić information content (AvgIpc) is 3.57. The molecule has 41 heavy (non-hydrogen) atoms. The molecule has 0 spiro atoms. The smallest absolute Gasteiger partial charge is 0.313 e. The summed E-state index contributed by atoms with van der Waals surface area (Å²) in [6.45, 7) is 6.10. The van der Waals surface area contributed by atoms with Crippen LogP contribution in [0.15, 0.2) is 48.8 Å². The molecule has 0 unspecified atom stereocenters. The van der Waals surface area contributed by atoms with Crippen molar-refractivity contribution in [2.24, 2.45) is 0 Å². The highest BCUT2D eigenvalue weighted by Crippen LogP contribution is 2.30. The van der Waals surface area contributed by atoms with Crippen molar-refractivity contribution in [1.29, 1.82) is 0 Å². The molecule has 2 N–H and O–H groups in total. The van der Waals surface area contributed by atoms with Gasteiger partial charge in [0.25, 0.3) is 0 Å². The van der Waals surface area contributed by atoms with E-state index >= 15 is 0 Å². The summed E-state index contributed by atoms with van der Waals surface area (Å²) in [6.07, 6.45) is 5.79. The van der Waals surface area contributed by atoms with Crippen molar-refractivity contribution in [3.05, 3.63) is 59.9 Å². The minimum Gasteiger partial charge on any atom is -0.426 e. The van der Waals surface area contributed by atoms with E-state index in [0.717, 1.165) is 58.9 Å². The maximum atomic E-state index is 12.5. The zero-order chi connectivity index (χ0) is 29.8. The second kappa shape index (κ2) is 16.0. The van der Waals surface area contributed by atoms with E-state index in [0.29, 0.717) is 11.5 Å². The lowest BCUT2D eigenvalue weighted by molar-refractivity contribution is -0.136. The van der Waals surface area contributed by atoms with Gasteiger partial charge in [-0.2, -0.15) is 0 Å². The maximum absolute atomic E-state index is 12.5. The van der Waals surface area contributed by atoms with Crippen LogP contribution in [0.3, 0.4) is 0 Å². The molecule has 4 aromatic rings. The number of hydrogen-bond donors (Lipinski definition) is 2. The van der Waals surface area contributed by atoms with Gasteiger partial charge in [-0.15, -0.1) is 0 Å². The minimum absolute atomic E-state index is 0.0841. The Hall–Kier alpha value is -3.66. The van der Waals surface area contributed by atoms with Gasteiger partial charge in [-0.1, -0.05) is 26.0 Å². The number of esters is 2. The monoisotopic (exact) mass is 564 g/mol. The predicted octanol–water partition coefficient (Wildman–Crippen LogP) is 5.19. The maximum Gasteiger partial charge on any atom is 0.313 e. The van der Waals surface area contributed by atoms with Gasteiger partial charge in [-0.05, 0) is 76.4 Å². The molecule has 9 heteroatoms. The summed E-state index contributed by atoms with van der Waals surface area (Å²) in [5, 5.41) is 1.86. The molecule has 0 aliphatic carbocycles.